The van der Waals surface area contributed by atoms with Gasteiger partial charge in [0, 0.05) is 31.4 Å². The van der Waals surface area contributed by atoms with Gasteiger partial charge >= 0.3 is 5.97 Å². The Kier molecular flexibility index (Phi) is 9.43. The topological polar surface area (TPSA) is 68.2 Å². The maximum atomic E-state index is 11.2. The van der Waals surface area contributed by atoms with Crippen LogP contribution < -0.4 is 0 Å². The van der Waals surface area contributed by atoms with Gasteiger partial charge in [-0.2, -0.15) is 0 Å². The van der Waals surface area contributed by atoms with Crippen molar-refractivity contribution < 1.29 is 24.1 Å². The first-order valence-electron chi connectivity index (χ1n) is 11.6. The molecule has 2 heterocycles. The molecule has 3 aliphatic rings. The predicted molar refractivity (Wildman–Crippen MR) is 111 cm³/mol. The molecule has 2 aliphatic heterocycles. The fourth-order valence-electron chi connectivity index (χ4n) is 5.06. The van der Waals surface area contributed by atoms with Crippen LogP contribution in [0.1, 0.15) is 70.6 Å². The highest BCUT2D eigenvalue weighted by Crippen LogP contribution is 2.38. The molecule has 0 amide bonds. The van der Waals surface area contributed by atoms with Gasteiger partial charge in [-0.15, -0.1) is 0 Å². The zero-order valence-electron chi connectivity index (χ0n) is 18.0. The zero-order chi connectivity index (χ0) is 20.5. The van der Waals surface area contributed by atoms with E-state index >= 15 is 0 Å². The molecular weight excluding hydrogens is 370 g/mol. The molecule has 1 N–H and O–H groups in total. The third-order valence-corrected chi connectivity index (χ3v) is 6.62. The van der Waals surface area contributed by atoms with Crippen LogP contribution >= 0.6 is 0 Å². The Hall–Kier alpha value is -0.950. The summed E-state index contributed by atoms with van der Waals surface area (Å²) in [7, 11) is 1.43. The molecule has 0 spiro atoms. The smallest absolute Gasteiger partial charge is 0.305 e. The van der Waals surface area contributed by atoms with Gasteiger partial charge in [-0.25, -0.2) is 0 Å². The van der Waals surface area contributed by atoms with E-state index in [9.17, 15) is 9.90 Å². The number of ether oxygens (including phenoxy) is 3. The first-order valence-corrected chi connectivity index (χ1v) is 11.6. The molecule has 0 bridgehead atoms. The molecule has 1 aliphatic carbocycles. The van der Waals surface area contributed by atoms with Crippen LogP contribution in [0.15, 0.2) is 12.2 Å². The lowest BCUT2D eigenvalue weighted by atomic mass is 9.93. The minimum Gasteiger partial charge on any atom is -0.469 e. The highest BCUT2D eigenvalue weighted by molar-refractivity contribution is 5.69. The SMILES string of the molecule is COC(=O)CCCC=CC[C@H]1[C@H](N2CCCCC2)[C@@H](OC2CCCCO2)C[C@H]1O. The van der Waals surface area contributed by atoms with Gasteiger partial charge in [0.2, 0.25) is 0 Å². The first-order chi connectivity index (χ1) is 14.2. The summed E-state index contributed by atoms with van der Waals surface area (Å²) in [6.45, 7) is 2.98. The van der Waals surface area contributed by atoms with E-state index in [1.807, 2.05) is 0 Å². The van der Waals surface area contributed by atoms with Crippen LogP contribution in [0.25, 0.3) is 0 Å². The maximum Gasteiger partial charge on any atom is 0.305 e. The molecule has 29 heavy (non-hydrogen) atoms. The van der Waals surface area contributed by atoms with E-state index in [1.165, 1.54) is 26.4 Å². The van der Waals surface area contributed by atoms with E-state index in [1.54, 1.807) is 0 Å². The largest absolute Gasteiger partial charge is 0.469 e. The van der Waals surface area contributed by atoms with Crippen LogP contribution in [0.4, 0.5) is 0 Å². The third-order valence-electron chi connectivity index (χ3n) is 6.62. The molecule has 0 aromatic heterocycles. The zero-order valence-corrected chi connectivity index (χ0v) is 18.0. The number of aliphatic hydroxyl groups excluding tert-OH is 1. The van der Waals surface area contributed by atoms with Crippen molar-refractivity contribution >= 4 is 5.97 Å². The molecular formula is C23H39NO5. The number of carbonyl (C=O) groups is 1. The van der Waals surface area contributed by atoms with E-state index in [-0.39, 0.29) is 36.4 Å². The summed E-state index contributed by atoms with van der Waals surface area (Å²) in [5.74, 6) is 0.0400. The van der Waals surface area contributed by atoms with Gasteiger partial charge in [0.05, 0.1) is 19.3 Å². The van der Waals surface area contributed by atoms with E-state index in [4.69, 9.17) is 9.47 Å². The number of hydrogen-bond acceptors (Lipinski definition) is 6. The Labute approximate surface area is 175 Å². The number of nitrogens with zero attached hydrogens (tertiary/aromatic N) is 1. The molecule has 0 aromatic rings. The van der Waals surface area contributed by atoms with Crippen molar-refractivity contribution in [2.24, 2.45) is 5.92 Å². The van der Waals surface area contributed by atoms with Gasteiger partial charge in [0.1, 0.15) is 0 Å². The van der Waals surface area contributed by atoms with E-state index < -0.39 is 0 Å². The average Bonchev–Trinajstić information content (AvgIpc) is 3.06. The van der Waals surface area contributed by atoms with Crippen molar-refractivity contribution in [1.82, 2.24) is 4.90 Å². The summed E-state index contributed by atoms with van der Waals surface area (Å²) in [6, 6.07) is 0.260. The molecule has 1 unspecified atom stereocenters. The molecule has 166 valence electrons. The normalized spacial score (nSPS) is 33.9. The minimum atomic E-state index is -0.338. The van der Waals surface area contributed by atoms with Crippen molar-refractivity contribution in [3.63, 3.8) is 0 Å². The number of allylic oxidation sites excluding steroid dienone is 2. The maximum absolute atomic E-state index is 11.2. The van der Waals surface area contributed by atoms with Crippen LogP contribution in [0, 0.1) is 5.92 Å². The third kappa shape index (κ3) is 6.78. The molecule has 0 radical (unpaired) electrons. The Morgan fingerprint density at radius 1 is 1.17 bits per heavy atom. The van der Waals surface area contributed by atoms with Crippen molar-refractivity contribution in [3.05, 3.63) is 12.2 Å². The number of carbonyl (C=O) groups excluding carboxylic acids is 1. The van der Waals surface area contributed by atoms with E-state index in [0.717, 1.165) is 58.2 Å². The molecule has 2 saturated heterocycles. The summed E-state index contributed by atoms with van der Waals surface area (Å²) in [6.07, 6.45) is 14.6. The number of hydrogen-bond donors (Lipinski definition) is 1. The van der Waals surface area contributed by atoms with Gasteiger partial charge < -0.3 is 19.3 Å². The van der Waals surface area contributed by atoms with Gasteiger partial charge in [-0.05, 0) is 64.5 Å². The van der Waals surface area contributed by atoms with Crippen LogP contribution in [-0.4, -0.2) is 67.3 Å². The highest BCUT2D eigenvalue weighted by Gasteiger charge is 2.46. The van der Waals surface area contributed by atoms with Crippen molar-refractivity contribution in [2.75, 3.05) is 26.8 Å². The number of piperidine rings is 1. The lowest BCUT2D eigenvalue weighted by Crippen LogP contribution is -2.49. The van der Waals surface area contributed by atoms with Crippen LogP contribution in [0.5, 0.6) is 0 Å². The van der Waals surface area contributed by atoms with Crippen LogP contribution in [-0.2, 0) is 19.0 Å². The molecule has 5 atom stereocenters. The average molecular weight is 410 g/mol. The Balaban J connectivity index is 1.56. The summed E-state index contributed by atoms with van der Waals surface area (Å²) < 4.78 is 16.9. The fraction of sp³-hybridized carbons (Fsp3) is 0.870. The second-order valence-electron chi connectivity index (χ2n) is 8.70. The van der Waals surface area contributed by atoms with Crippen LogP contribution in [0.2, 0.25) is 0 Å². The van der Waals surface area contributed by atoms with Crippen molar-refractivity contribution in [2.45, 2.75) is 95.2 Å². The summed E-state index contributed by atoms with van der Waals surface area (Å²) >= 11 is 0. The lowest BCUT2D eigenvalue weighted by Gasteiger charge is -2.39. The van der Waals surface area contributed by atoms with Gasteiger partial charge in [-0.1, -0.05) is 18.6 Å². The first kappa shape index (κ1) is 22.7. The lowest BCUT2D eigenvalue weighted by molar-refractivity contribution is -0.198. The summed E-state index contributed by atoms with van der Waals surface area (Å²) in [4.78, 5) is 13.8. The van der Waals surface area contributed by atoms with Gasteiger partial charge in [0.25, 0.3) is 0 Å². The fourth-order valence-corrected chi connectivity index (χ4v) is 5.06. The predicted octanol–water partition coefficient (Wildman–Crippen LogP) is 3.42. The number of aliphatic hydroxyl groups is 1. The van der Waals surface area contributed by atoms with Crippen molar-refractivity contribution in [3.8, 4) is 0 Å². The number of esters is 1. The van der Waals surface area contributed by atoms with Gasteiger partial charge in [-0.3, -0.25) is 9.69 Å². The van der Waals surface area contributed by atoms with E-state index in [2.05, 4.69) is 21.8 Å². The highest BCUT2D eigenvalue weighted by atomic mass is 16.7. The van der Waals surface area contributed by atoms with E-state index in [0.29, 0.717) is 12.8 Å². The number of likely N-dealkylation sites (tertiary alicyclic amines) is 1. The quantitative estimate of drug-likeness (QED) is 0.358. The minimum absolute atomic E-state index is 0.0453. The second-order valence-corrected chi connectivity index (χ2v) is 8.70. The molecule has 6 nitrogen and oxygen atoms in total. The molecule has 3 rings (SSSR count). The molecule has 3 fully saturated rings. The number of unbranched alkanes of at least 4 members (excludes halogenated alkanes) is 1. The molecule has 0 aromatic carbocycles. The summed E-state index contributed by atoms with van der Waals surface area (Å²) in [5, 5.41) is 10.9. The molecule has 6 heteroatoms. The molecule has 1 saturated carbocycles. The van der Waals surface area contributed by atoms with Crippen molar-refractivity contribution in [1.29, 1.82) is 0 Å². The Bertz CT molecular complexity index is 513. The Morgan fingerprint density at radius 3 is 2.72 bits per heavy atom. The number of rotatable bonds is 9. The second kappa shape index (κ2) is 12.0. The summed E-state index contributed by atoms with van der Waals surface area (Å²) in [5.41, 5.74) is 0. The van der Waals surface area contributed by atoms with Crippen LogP contribution in [0.3, 0.4) is 0 Å². The Morgan fingerprint density at radius 2 is 2.00 bits per heavy atom. The monoisotopic (exact) mass is 409 g/mol. The van der Waals surface area contributed by atoms with Gasteiger partial charge in [0.15, 0.2) is 6.29 Å². The standard InChI is InChI=1S/C23H39NO5/c1-27-21(26)12-6-3-2-5-11-18-19(25)17-20(29-22-13-7-10-16-28-22)23(18)24-14-8-4-9-15-24/h2,5,18-20,22-23,25H,3-4,6-17H2,1H3/t18-,19-,20+,22?,23+/m1/s1. The number of methoxy groups -OCH3 is 1.